The quantitative estimate of drug-likeness (QED) is 0.455. The molecule has 1 aromatic heterocycles. The highest BCUT2D eigenvalue weighted by Gasteiger charge is 2.30. The molecule has 0 spiro atoms. The molecule has 164 valence electrons. The number of rotatable bonds is 9. The van der Waals surface area contributed by atoms with Crippen molar-refractivity contribution in [1.29, 1.82) is 0 Å². The lowest BCUT2D eigenvalue weighted by atomic mass is 9.98. The maximum absolute atomic E-state index is 12.8. The zero-order valence-corrected chi connectivity index (χ0v) is 17.5. The fourth-order valence-electron chi connectivity index (χ4n) is 3.42. The van der Waals surface area contributed by atoms with E-state index in [1.807, 2.05) is 50.4 Å². The lowest BCUT2D eigenvalue weighted by molar-refractivity contribution is -0.137. The molecule has 0 aliphatic carbocycles. The van der Waals surface area contributed by atoms with Crippen LogP contribution in [0.3, 0.4) is 0 Å². The summed E-state index contributed by atoms with van der Waals surface area (Å²) in [4.78, 5) is 0. The summed E-state index contributed by atoms with van der Waals surface area (Å²) in [5, 5.41) is 10.7. The summed E-state index contributed by atoms with van der Waals surface area (Å²) in [6.45, 7) is 5.97. The van der Waals surface area contributed by atoms with Crippen LogP contribution < -0.4 is 10.6 Å². The first-order valence-corrected chi connectivity index (χ1v) is 10.0. The number of likely N-dealkylation sites (N-methyl/N-ethyl adjacent to an activating group) is 1. The second kappa shape index (κ2) is 9.83. The molecule has 2 N–H and O–H groups in total. The molecule has 0 bridgehead atoms. The van der Waals surface area contributed by atoms with E-state index in [0.717, 1.165) is 34.7 Å². The molecule has 0 aliphatic heterocycles. The highest BCUT2D eigenvalue weighted by atomic mass is 19.4. The standard InChI is InChI=1S/C24H26F3N3O/c1-16-15-22(31-30-16)21(14-11-18-9-12-20(13-10-18)24(25,26)27)29-23(17(2)28-3)19-7-5-4-6-8-19/h4-10,12-13,15,21,23,28-29H,2,11,14H2,1,3H3/t21-,23+/m1/s1. The predicted molar refractivity (Wildman–Crippen MR) is 114 cm³/mol. The Balaban J connectivity index is 1.80. The molecule has 7 heteroatoms. The van der Waals surface area contributed by atoms with Crippen LogP contribution in [-0.2, 0) is 12.6 Å². The largest absolute Gasteiger partial charge is 0.416 e. The number of nitrogens with zero attached hydrogens (tertiary/aromatic N) is 1. The zero-order chi connectivity index (χ0) is 22.4. The smallest absolute Gasteiger partial charge is 0.390 e. The van der Waals surface area contributed by atoms with Crippen molar-refractivity contribution in [2.24, 2.45) is 0 Å². The fraction of sp³-hybridized carbons (Fsp3) is 0.292. The van der Waals surface area contributed by atoms with Gasteiger partial charge in [-0.25, -0.2) is 0 Å². The molecule has 3 aromatic rings. The predicted octanol–water partition coefficient (Wildman–Crippen LogP) is 5.74. The van der Waals surface area contributed by atoms with Crippen molar-refractivity contribution in [3.8, 4) is 0 Å². The van der Waals surface area contributed by atoms with E-state index in [1.165, 1.54) is 12.1 Å². The summed E-state index contributed by atoms with van der Waals surface area (Å²) in [6.07, 6.45) is -3.15. The summed E-state index contributed by atoms with van der Waals surface area (Å²) < 4.78 is 44.0. The Morgan fingerprint density at radius 3 is 2.32 bits per heavy atom. The monoisotopic (exact) mass is 429 g/mol. The number of hydrogen-bond donors (Lipinski definition) is 2. The number of aromatic nitrogens is 1. The summed E-state index contributed by atoms with van der Waals surface area (Å²) in [5.41, 5.74) is 2.77. The van der Waals surface area contributed by atoms with Crippen LogP contribution >= 0.6 is 0 Å². The van der Waals surface area contributed by atoms with E-state index in [4.69, 9.17) is 4.52 Å². The average molecular weight is 429 g/mol. The Hall–Kier alpha value is -3.06. The Bertz CT molecular complexity index is 981. The summed E-state index contributed by atoms with van der Waals surface area (Å²) in [5.74, 6) is 0.675. The molecule has 1 heterocycles. The van der Waals surface area contributed by atoms with Crippen LogP contribution in [0.2, 0.25) is 0 Å². The van der Waals surface area contributed by atoms with Crippen LogP contribution in [0.5, 0.6) is 0 Å². The minimum atomic E-state index is -4.34. The fourth-order valence-corrected chi connectivity index (χ4v) is 3.42. The molecule has 2 aromatic carbocycles. The van der Waals surface area contributed by atoms with Gasteiger partial charge in [-0.3, -0.25) is 5.32 Å². The van der Waals surface area contributed by atoms with Gasteiger partial charge in [-0.15, -0.1) is 0 Å². The van der Waals surface area contributed by atoms with Crippen LogP contribution in [0.1, 0.15) is 46.6 Å². The van der Waals surface area contributed by atoms with Crippen molar-refractivity contribution in [3.05, 3.63) is 101 Å². The van der Waals surface area contributed by atoms with Gasteiger partial charge in [0.1, 0.15) is 0 Å². The van der Waals surface area contributed by atoms with Gasteiger partial charge < -0.3 is 9.84 Å². The molecule has 3 rings (SSSR count). The maximum atomic E-state index is 12.8. The summed E-state index contributed by atoms with van der Waals surface area (Å²) in [6, 6.07) is 16.6. The first kappa shape index (κ1) is 22.6. The molecule has 31 heavy (non-hydrogen) atoms. The van der Waals surface area contributed by atoms with E-state index in [9.17, 15) is 13.2 Å². The number of benzene rings is 2. The minimum Gasteiger partial charge on any atom is -0.390 e. The molecule has 0 radical (unpaired) electrons. The third-order valence-electron chi connectivity index (χ3n) is 5.16. The third-order valence-corrected chi connectivity index (χ3v) is 5.16. The lowest BCUT2D eigenvalue weighted by Crippen LogP contribution is -2.31. The normalized spacial score (nSPS) is 13.6. The maximum Gasteiger partial charge on any atom is 0.416 e. The van der Waals surface area contributed by atoms with Crippen molar-refractivity contribution in [3.63, 3.8) is 0 Å². The van der Waals surface area contributed by atoms with Gasteiger partial charge in [-0.2, -0.15) is 13.2 Å². The van der Waals surface area contributed by atoms with Gasteiger partial charge >= 0.3 is 6.18 Å². The van der Waals surface area contributed by atoms with Crippen molar-refractivity contribution in [2.75, 3.05) is 7.05 Å². The highest BCUT2D eigenvalue weighted by Crippen LogP contribution is 2.30. The number of alkyl halides is 3. The first-order valence-electron chi connectivity index (χ1n) is 10.0. The van der Waals surface area contributed by atoms with Gasteiger partial charge in [0.2, 0.25) is 0 Å². The second-order valence-electron chi connectivity index (χ2n) is 7.44. The van der Waals surface area contributed by atoms with Gasteiger partial charge in [-0.05, 0) is 43.0 Å². The van der Waals surface area contributed by atoms with Crippen LogP contribution in [0, 0.1) is 6.92 Å². The summed E-state index contributed by atoms with van der Waals surface area (Å²) in [7, 11) is 1.82. The van der Waals surface area contributed by atoms with Gasteiger partial charge in [0.15, 0.2) is 5.76 Å². The SMILES string of the molecule is C=C(NC)[C@H](N[C@H](CCc1ccc(C(F)(F)F)cc1)c1cc(C)no1)c1ccccc1. The molecule has 0 saturated carbocycles. The van der Waals surface area contributed by atoms with Gasteiger partial charge in [0.05, 0.1) is 23.3 Å². The number of aryl methyl sites for hydroxylation is 2. The molecule has 2 atom stereocenters. The van der Waals surface area contributed by atoms with Crippen molar-refractivity contribution < 1.29 is 17.7 Å². The van der Waals surface area contributed by atoms with Crippen molar-refractivity contribution >= 4 is 0 Å². The third kappa shape index (κ3) is 5.98. The number of halogens is 3. The van der Waals surface area contributed by atoms with Gasteiger partial charge in [0.25, 0.3) is 0 Å². The minimum absolute atomic E-state index is 0.186. The van der Waals surface area contributed by atoms with Crippen LogP contribution in [0.15, 0.2) is 77.5 Å². The Kier molecular flexibility index (Phi) is 7.17. The van der Waals surface area contributed by atoms with E-state index < -0.39 is 11.7 Å². The Labute approximate surface area is 180 Å². The van der Waals surface area contributed by atoms with E-state index in [0.29, 0.717) is 18.6 Å². The second-order valence-corrected chi connectivity index (χ2v) is 7.44. The van der Waals surface area contributed by atoms with Gasteiger partial charge in [0, 0.05) is 18.8 Å². The molecule has 0 fully saturated rings. The number of hydrogen-bond acceptors (Lipinski definition) is 4. The summed E-state index contributed by atoms with van der Waals surface area (Å²) >= 11 is 0. The number of nitrogens with one attached hydrogen (secondary N) is 2. The highest BCUT2D eigenvalue weighted by molar-refractivity contribution is 5.28. The van der Waals surface area contributed by atoms with Crippen molar-refractivity contribution in [1.82, 2.24) is 15.8 Å². The zero-order valence-electron chi connectivity index (χ0n) is 17.5. The van der Waals surface area contributed by atoms with Crippen molar-refractivity contribution in [2.45, 2.75) is 38.0 Å². The topological polar surface area (TPSA) is 50.1 Å². The average Bonchev–Trinajstić information content (AvgIpc) is 3.20. The van der Waals surface area contributed by atoms with E-state index in [2.05, 4.69) is 22.4 Å². The van der Waals surface area contributed by atoms with Crippen LogP contribution in [0.25, 0.3) is 0 Å². The van der Waals surface area contributed by atoms with E-state index in [1.54, 1.807) is 0 Å². The van der Waals surface area contributed by atoms with Crippen LogP contribution in [0.4, 0.5) is 13.2 Å². The van der Waals surface area contributed by atoms with E-state index in [-0.39, 0.29) is 12.1 Å². The Morgan fingerprint density at radius 2 is 1.77 bits per heavy atom. The van der Waals surface area contributed by atoms with Crippen LogP contribution in [-0.4, -0.2) is 12.2 Å². The van der Waals surface area contributed by atoms with Gasteiger partial charge in [-0.1, -0.05) is 54.2 Å². The Morgan fingerprint density at radius 1 is 1.10 bits per heavy atom. The lowest BCUT2D eigenvalue weighted by Gasteiger charge is -2.26. The molecule has 0 aliphatic rings. The molecular weight excluding hydrogens is 403 g/mol. The molecule has 0 saturated heterocycles. The first-order chi connectivity index (χ1) is 14.8. The van der Waals surface area contributed by atoms with E-state index >= 15 is 0 Å². The molecule has 0 unspecified atom stereocenters. The molecule has 4 nitrogen and oxygen atoms in total. The molecule has 0 amide bonds. The molecular formula is C24H26F3N3O.